The van der Waals surface area contributed by atoms with Crippen molar-refractivity contribution in [2.24, 2.45) is 11.5 Å². The van der Waals surface area contributed by atoms with Crippen molar-refractivity contribution in [2.75, 3.05) is 6.54 Å². The number of unbranched alkanes of at least 4 members (excludes halogenated alkanes) is 1. The molecule has 116 valence electrons. The monoisotopic (exact) mass is 313 g/mol. The number of rotatable bonds is 8. The molecule has 0 radical (unpaired) electrons. The number of alkyl halides is 1. The summed E-state index contributed by atoms with van der Waals surface area (Å²) in [4.78, 5) is 21.5. The SMILES string of the molecule is NCCCC[C@@](Cl)(NC(=O)OCc1ccccc1)C(N)=O. The van der Waals surface area contributed by atoms with E-state index in [1.807, 2.05) is 30.3 Å². The number of benzene rings is 1. The van der Waals surface area contributed by atoms with E-state index in [9.17, 15) is 9.59 Å². The number of hydrogen-bond donors (Lipinski definition) is 3. The van der Waals surface area contributed by atoms with Gasteiger partial charge in [0.05, 0.1) is 0 Å². The maximum Gasteiger partial charge on any atom is 0.409 e. The smallest absolute Gasteiger partial charge is 0.409 e. The fourth-order valence-corrected chi connectivity index (χ4v) is 1.89. The van der Waals surface area contributed by atoms with Crippen molar-refractivity contribution in [1.29, 1.82) is 0 Å². The number of nitrogens with two attached hydrogens (primary N) is 2. The van der Waals surface area contributed by atoms with Gasteiger partial charge in [-0.05, 0) is 31.4 Å². The van der Waals surface area contributed by atoms with Gasteiger partial charge in [-0.3, -0.25) is 10.1 Å². The molecule has 0 fully saturated rings. The first-order chi connectivity index (χ1) is 9.98. The number of hydrogen-bond acceptors (Lipinski definition) is 4. The van der Waals surface area contributed by atoms with Gasteiger partial charge in [-0.1, -0.05) is 41.9 Å². The van der Waals surface area contributed by atoms with Gasteiger partial charge in [-0.25, -0.2) is 4.79 Å². The van der Waals surface area contributed by atoms with E-state index in [1.54, 1.807) is 0 Å². The fraction of sp³-hybridized carbons (Fsp3) is 0.429. The van der Waals surface area contributed by atoms with Crippen LogP contribution in [-0.2, 0) is 16.1 Å². The Labute approximate surface area is 128 Å². The van der Waals surface area contributed by atoms with Gasteiger partial charge in [-0.15, -0.1) is 0 Å². The molecule has 6 nitrogen and oxygen atoms in total. The average Bonchev–Trinajstić information content (AvgIpc) is 2.46. The number of amides is 2. The lowest BCUT2D eigenvalue weighted by molar-refractivity contribution is -0.121. The van der Waals surface area contributed by atoms with Crippen molar-refractivity contribution in [1.82, 2.24) is 5.32 Å². The Bertz CT molecular complexity index is 470. The molecule has 0 unspecified atom stereocenters. The number of carbonyl (C=O) groups excluding carboxylic acids is 2. The van der Waals surface area contributed by atoms with Crippen molar-refractivity contribution in [3.63, 3.8) is 0 Å². The molecule has 0 aliphatic carbocycles. The van der Waals surface area contributed by atoms with Crippen molar-refractivity contribution in [3.8, 4) is 0 Å². The Morgan fingerprint density at radius 2 is 1.90 bits per heavy atom. The van der Waals surface area contributed by atoms with E-state index < -0.39 is 17.0 Å². The topological polar surface area (TPSA) is 107 Å². The minimum absolute atomic E-state index is 0.0845. The standard InChI is InChI=1S/C14H20ClN3O3/c15-14(12(17)19,8-4-5-9-16)18-13(20)21-10-11-6-2-1-3-7-11/h1-3,6-7H,4-5,8-10,16H2,(H2,17,19)(H,18,20)/t14-/m1/s1. The highest BCUT2D eigenvalue weighted by Crippen LogP contribution is 2.19. The lowest BCUT2D eigenvalue weighted by Gasteiger charge is -2.24. The van der Waals surface area contributed by atoms with Crippen molar-refractivity contribution in [2.45, 2.75) is 30.9 Å². The van der Waals surface area contributed by atoms with Crippen LogP contribution in [0, 0.1) is 0 Å². The summed E-state index contributed by atoms with van der Waals surface area (Å²) in [6, 6.07) is 9.16. The van der Waals surface area contributed by atoms with Crippen LogP contribution in [0.4, 0.5) is 4.79 Å². The summed E-state index contributed by atoms with van der Waals surface area (Å²) in [5.74, 6) is -0.821. The summed E-state index contributed by atoms with van der Waals surface area (Å²) >= 11 is 6.06. The number of carbonyl (C=O) groups is 2. The molecule has 21 heavy (non-hydrogen) atoms. The zero-order chi connectivity index (χ0) is 15.7. The first-order valence-corrected chi connectivity index (χ1v) is 7.03. The second-order valence-electron chi connectivity index (χ2n) is 4.60. The molecule has 1 aromatic rings. The zero-order valence-corrected chi connectivity index (χ0v) is 12.4. The van der Waals surface area contributed by atoms with Gasteiger partial charge in [0.1, 0.15) is 6.61 Å². The molecule has 0 bridgehead atoms. The van der Waals surface area contributed by atoms with E-state index in [4.69, 9.17) is 27.8 Å². The molecule has 0 aliphatic rings. The van der Waals surface area contributed by atoms with E-state index in [0.717, 1.165) is 5.56 Å². The molecule has 5 N–H and O–H groups in total. The van der Waals surface area contributed by atoms with E-state index in [1.165, 1.54) is 0 Å². The fourth-order valence-electron chi connectivity index (χ4n) is 1.68. The predicted molar refractivity (Wildman–Crippen MR) is 80.4 cm³/mol. The molecular weight excluding hydrogens is 294 g/mol. The van der Waals surface area contributed by atoms with Gasteiger partial charge in [0.2, 0.25) is 0 Å². The molecule has 2 amide bonds. The third-order valence-corrected chi connectivity index (χ3v) is 3.35. The number of halogens is 1. The lowest BCUT2D eigenvalue weighted by atomic mass is 10.1. The summed E-state index contributed by atoms with van der Waals surface area (Å²) in [7, 11) is 0. The van der Waals surface area contributed by atoms with Crippen LogP contribution in [0.15, 0.2) is 30.3 Å². The highest BCUT2D eigenvalue weighted by atomic mass is 35.5. The Hall–Kier alpha value is -1.79. The molecule has 0 saturated heterocycles. The second kappa shape index (κ2) is 8.49. The lowest BCUT2D eigenvalue weighted by Crippen LogP contribution is -2.53. The van der Waals surface area contributed by atoms with Gasteiger partial charge in [0, 0.05) is 0 Å². The van der Waals surface area contributed by atoms with Crippen LogP contribution in [0.2, 0.25) is 0 Å². The second-order valence-corrected chi connectivity index (χ2v) is 5.24. The quantitative estimate of drug-likeness (QED) is 0.383. The van der Waals surface area contributed by atoms with Crippen molar-refractivity contribution >= 4 is 23.6 Å². The third kappa shape index (κ3) is 6.01. The summed E-state index contributed by atoms with van der Waals surface area (Å²) in [6.07, 6.45) is 0.659. The molecule has 0 heterocycles. The average molecular weight is 314 g/mol. The summed E-state index contributed by atoms with van der Waals surface area (Å²) in [6.45, 7) is 0.561. The van der Waals surface area contributed by atoms with Crippen LogP contribution < -0.4 is 16.8 Å². The maximum atomic E-state index is 11.7. The van der Waals surface area contributed by atoms with Crippen molar-refractivity contribution in [3.05, 3.63) is 35.9 Å². The summed E-state index contributed by atoms with van der Waals surface area (Å²) in [5, 5.41) is 2.31. The minimum Gasteiger partial charge on any atom is -0.445 e. The molecule has 0 aliphatic heterocycles. The molecule has 1 aromatic carbocycles. The van der Waals surface area contributed by atoms with E-state index in [0.29, 0.717) is 19.4 Å². The number of alkyl carbamates (subject to hydrolysis) is 1. The normalized spacial score (nSPS) is 13.2. The predicted octanol–water partition coefficient (Wildman–Crippen LogP) is 1.46. The Kier molecular flexibility index (Phi) is 6.98. The van der Waals surface area contributed by atoms with E-state index in [2.05, 4.69) is 5.32 Å². The highest BCUT2D eigenvalue weighted by molar-refractivity contribution is 6.35. The molecule has 1 rings (SSSR count). The first-order valence-electron chi connectivity index (χ1n) is 6.65. The Morgan fingerprint density at radius 1 is 1.24 bits per heavy atom. The highest BCUT2D eigenvalue weighted by Gasteiger charge is 2.35. The molecule has 0 saturated carbocycles. The summed E-state index contributed by atoms with van der Waals surface area (Å²) < 4.78 is 5.01. The molecule has 1 atom stereocenters. The Morgan fingerprint density at radius 3 is 2.48 bits per heavy atom. The molecular formula is C14H20ClN3O3. The van der Waals surface area contributed by atoms with E-state index >= 15 is 0 Å². The third-order valence-electron chi connectivity index (χ3n) is 2.88. The Balaban J connectivity index is 2.50. The molecule has 0 spiro atoms. The summed E-state index contributed by atoms with van der Waals surface area (Å²) in [5.41, 5.74) is 11.4. The molecule has 0 aromatic heterocycles. The van der Waals surface area contributed by atoms with Crippen LogP contribution in [0.1, 0.15) is 24.8 Å². The molecule has 7 heteroatoms. The van der Waals surface area contributed by atoms with Crippen molar-refractivity contribution < 1.29 is 14.3 Å². The van der Waals surface area contributed by atoms with Crippen LogP contribution in [0.25, 0.3) is 0 Å². The van der Waals surface area contributed by atoms with E-state index in [-0.39, 0.29) is 13.0 Å². The maximum absolute atomic E-state index is 11.7. The zero-order valence-electron chi connectivity index (χ0n) is 11.7. The van der Waals surface area contributed by atoms with Crippen LogP contribution >= 0.6 is 11.6 Å². The van der Waals surface area contributed by atoms with Gasteiger partial charge in [-0.2, -0.15) is 0 Å². The number of nitrogens with one attached hydrogen (secondary N) is 1. The number of ether oxygens (including phenoxy) is 1. The van der Waals surface area contributed by atoms with Crippen LogP contribution in [0.3, 0.4) is 0 Å². The van der Waals surface area contributed by atoms with Gasteiger partial charge in [0.15, 0.2) is 5.00 Å². The van der Waals surface area contributed by atoms with Crippen LogP contribution in [0.5, 0.6) is 0 Å². The largest absolute Gasteiger partial charge is 0.445 e. The van der Waals surface area contributed by atoms with Crippen LogP contribution in [-0.4, -0.2) is 23.5 Å². The van der Waals surface area contributed by atoms with Gasteiger partial charge in [0.25, 0.3) is 5.91 Å². The first kappa shape index (κ1) is 17.3. The number of primary amides is 1. The van der Waals surface area contributed by atoms with Gasteiger partial charge < -0.3 is 16.2 Å². The van der Waals surface area contributed by atoms with Gasteiger partial charge >= 0.3 is 6.09 Å². The minimum atomic E-state index is -1.65.